The van der Waals surface area contributed by atoms with E-state index < -0.39 is 31.7 Å². The SMILES string of the molecule is Cc1cc(C(F)(F)F)nc(C2CC2)c1Oc1nc(-c2cncc(C#N)c2)ccc1S(=O)(=O)Cl. The van der Waals surface area contributed by atoms with Crippen LogP contribution in [0.3, 0.4) is 0 Å². The van der Waals surface area contributed by atoms with Gasteiger partial charge < -0.3 is 4.74 Å². The summed E-state index contributed by atoms with van der Waals surface area (Å²) in [4.78, 5) is 11.5. The van der Waals surface area contributed by atoms with Gasteiger partial charge in [0.25, 0.3) is 9.05 Å². The van der Waals surface area contributed by atoms with Crippen LogP contribution in [0.25, 0.3) is 11.3 Å². The second-order valence-electron chi connectivity index (χ2n) is 7.42. The molecule has 4 rings (SSSR count). The maximum atomic E-state index is 13.3. The summed E-state index contributed by atoms with van der Waals surface area (Å²) in [6, 6.07) is 6.80. The van der Waals surface area contributed by atoms with Crippen LogP contribution in [0.15, 0.2) is 41.6 Å². The van der Waals surface area contributed by atoms with E-state index in [1.165, 1.54) is 37.5 Å². The van der Waals surface area contributed by atoms with Gasteiger partial charge >= 0.3 is 6.18 Å². The van der Waals surface area contributed by atoms with E-state index in [2.05, 4.69) is 15.0 Å². The van der Waals surface area contributed by atoms with Crippen molar-refractivity contribution >= 4 is 19.7 Å². The molecule has 7 nitrogen and oxygen atoms in total. The Bertz CT molecular complexity index is 1400. The molecule has 1 aliphatic carbocycles. The lowest BCUT2D eigenvalue weighted by Crippen LogP contribution is -2.11. The van der Waals surface area contributed by atoms with E-state index in [0.29, 0.717) is 18.4 Å². The molecule has 12 heteroatoms. The maximum absolute atomic E-state index is 13.3. The van der Waals surface area contributed by atoms with Gasteiger partial charge in [0.15, 0.2) is 5.75 Å². The monoisotopic (exact) mass is 494 g/mol. The van der Waals surface area contributed by atoms with Crippen molar-refractivity contribution in [1.82, 2.24) is 15.0 Å². The van der Waals surface area contributed by atoms with E-state index in [1.807, 2.05) is 6.07 Å². The van der Waals surface area contributed by atoms with E-state index in [-0.39, 0.29) is 34.2 Å². The lowest BCUT2D eigenvalue weighted by atomic mass is 10.1. The van der Waals surface area contributed by atoms with Gasteiger partial charge in [-0.2, -0.15) is 18.4 Å². The van der Waals surface area contributed by atoms with Crippen molar-refractivity contribution in [2.45, 2.75) is 36.8 Å². The third kappa shape index (κ3) is 4.91. The van der Waals surface area contributed by atoms with Gasteiger partial charge in [-0.05, 0) is 49.6 Å². The molecular formula is C21H14ClF3N4O3S. The lowest BCUT2D eigenvalue weighted by Gasteiger charge is -2.17. The molecule has 0 unspecified atom stereocenters. The number of aryl methyl sites for hydroxylation is 1. The summed E-state index contributed by atoms with van der Waals surface area (Å²) in [5.74, 6) is -0.659. The van der Waals surface area contributed by atoms with Gasteiger partial charge in [-0.3, -0.25) is 4.98 Å². The van der Waals surface area contributed by atoms with Crippen LogP contribution >= 0.6 is 10.7 Å². The first-order valence-electron chi connectivity index (χ1n) is 9.55. The molecule has 0 aromatic carbocycles. The van der Waals surface area contributed by atoms with Crippen LogP contribution in [0.2, 0.25) is 0 Å². The van der Waals surface area contributed by atoms with E-state index in [1.54, 1.807) is 0 Å². The quantitative estimate of drug-likeness (QED) is 0.441. The molecule has 33 heavy (non-hydrogen) atoms. The average Bonchev–Trinajstić information content (AvgIpc) is 3.58. The van der Waals surface area contributed by atoms with E-state index >= 15 is 0 Å². The average molecular weight is 495 g/mol. The van der Waals surface area contributed by atoms with Crippen LogP contribution in [0.5, 0.6) is 11.6 Å². The first-order valence-corrected chi connectivity index (χ1v) is 11.9. The van der Waals surface area contributed by atoms with Crippen molar-refractivity contribution in [2.24, 2.45) is 0 Å². The summed E-state index contributed by atoms with van der Waals surface area (Å²) in [6.07, 6.45) is -0.621. The van der Waals surface area contributed by atoms with Gasteiger partial charge in [0.05, 0.1) is 17.0 Å². The predicted octanol–water partition coefficient (Wildman–Crippen LogP) is 5.33. The Kier molecular flexibility index (Phi) is 5.76. The smallest absolute Gasteiger partial charge is 0.433 e. The van der Waals surface area contributed by atoms with E-state index in [0.717, 1.165) is 6.07 Å². The van der Waals surface area contributed by atoms with Crippen LogP contribution < -0.4 is 4.74 Å². The molecule has 3 heterocycles. The Morgan fingerprint density at radius 1 is 1.18 bits per heavy atom. The molecule has 0 N–H and O–H groups in total. The number of ether oxygens (including phenoxy) is 1. The topological polar surface area (TPSA) is 106 Å². The summed E-state index contributed by atoms with van der Waals surface area (Å²) in [6.45, 7) is 1.41. The highest BCUT2D eigenvalue weighted by Crippen LogP contribution is 2.47. The molecule has 0 spiro atoms. The third-order valence-electron chi connectivity index (χ3n) is 4.89. The van der Waals surface area contributed by atoms with Crippen LogP contribution in [0, 0.1) is 18.3 Å². The van der Waals surface area contributed by atoms with Gasteiger partial charge in [0.2, 0.25) is 5.88 Å². The van der Waals surface area contributed by atoms with Gasteiger partial charge in [-0.25, -0.2) is 18.4 Å². The second-order valence-corrected chi connectivity index (χ2v) is 9.96. The number of nitrogens with zero attached hydrogens (tertiary/aromatic N) is 4. The molecule has 3 aromatic rings. The number of nitriles is 1. The highest BCUT2D eigenvalue weighted by molar-refractivity contribution is 8.13. The molecule has 0 aliphatic heterocycles. The number of rotatable bonds is 5. The highest BCUT2D eigenvalue weighted by atomic mass is 35.7. The number of hydrogen-bond donors (Lipinski definition) is 0. The fourth-order valence-corrected chi connectivity index (χ4v) is 4.06. The summed E-state index contributed by atoms with van der Waals surface area (Å²) in [5.41, 5.74) is 0.0366. The minimum absolute atomic E-state index is 0.000572. The zero-order valence-electron chi connectivity index (χ0n) is 16.9. The van der Waals surface area contributed by atoms with Crippen molar-refractivity contribution in [3.8, 4) is 29.0 Å². The number of alkyl halides is 3. The maximum Gasteiger partial charge on any atom is 0.433 e. The molecule has 0 atom stereocenters. The summed E-state index contributed by atoms with van der Waals surface area (Å²) in [7, 11) is 1.24. The molecule has 0 radical (unpaired) electrons. The molecule has 1 fully saturated rings. The molecule has 1 saturated carbocycles. The molecular weight excluding hydrogens is 481 g/mol. The van der Waals surface area contributed by atoms with Crippen LogP contribution in [0.4, 0.5) is 13.2 Å². The standard InChI is InChI=1S/C21H14ClF3N4O3S/c1-11-6-17(21(23,24)25)29-18(13-2-3-13)19(11)32-20-16(33(22,30)31)5-4-15(28-20)14-7-12(8-26)9-27-10-14/h4-7,9-10,13H,2-3H2,1H3. The van der Waals surface area contributed by atoms with Crippen LogP contribution in [0.1, 0.15) is 41.3 Å². The third-order valence-corrected chi connectivity index (χ3v) is 6.22. The minimum Gasteiger partial charge on any atom is -0.435 e. The lowest BCUT2D eigenvalue weighted by molar-refractivity contribution is -0.141. The molecule has 0 amide bonds. The zero-order valence-corrected chi connectivity index (χ0v) is 18.5. The molecule has 3 aromatic heterocycles. The van der Waals surface area contributed by atoms with Crippen molar-refractivity contribution in [3.05, 3.63) is 59.2 Å². The van der Waals surface area contributed by atoms with Crippen molar-refractivity contribution in [2.75, 3.05) is 0 Å². The Labute approximate surface area is 191 Å². The van der Waals surface area contributed by atoms with Crippen molar-refractivity contribution in [1.29, 1.82) is 5.26 Å². The molecule has 170 valence electrons. The second kappa shape index (κ2) is 8.28. The fraction of sp³-hybridized carbons (Fsp3) is 0.238. The van der Waals surface area contributed by atoms with Gasteiger partial charge in [0, 0.05) is 34.6 Å². The molecule has 1 aliphatic rings. The normalized spacial score (nSPS) is 14.1. The van der Waals surface area contributed by atoms with Gasteiger partial charge in [-0.15, -0.1) is 0 Å². The van der Waals surface area contributed by atoms with Crippen LogP contribution in [-0.2, 0) is 15.2 Å². The van der Waals surface area contributed by atoms with Crippen molar-refractivity contribution < 1.29 is 26.3 Å². The number of pyridine rings is 3. The largest absolute Gasteiger partial charge is 0.435 e. The Morgan fingerprint density at radius 3 is 2.52 bits per heavy atom. The Hall–Kier alpha value is -3.23. The number of halogens is 4. The minimum atomic E-state index is -4.64. The number of hydrogen-bond acceptors (Lipinski definition) is 7. The Morgan fingerprint density at radius 2 is 1.91 bits per heavy atom. The summed E-state index contributed by atoms with van der Waals surface area (Å²) in [5, 5.41) is 9.09. The van der Waals surface area contributed by atoms with E-state index in [9.17, 15) is 21.6 Å². The van der Waals surface area contributed by atoms with Crippen molar-refractivity contribution in [3.63, 3.8) is 0 Å². The summed E-state index contributed by atoms with van der Waals surface area (Å²) >= 11 is 0. The van der Waals surface area contributed by atoms with Crippen LogP contribution in [-0.4, -0.2) is 23.4 Å². The molecule has 0 saturated heterocycles. The molecule has 0 bridgehead atoms. The fourth-order valence-electron chi connectivity index (χ4n) is 3.18. The van der Waals surface area contributed by atoms with E-state index in [4.69, 9.17) is 20.7 Å². The van der Waals surface area contributed by atoms with Gasteiger partial charge in [0.1, 0.15) is 16.7 Å². The summed E-state index contributed by atoms with van der Waals surface area (Å²) < 4.78 is 69.9. The first-order chi connectivity index (χ1) is 15.5. The highest BCUT2D eigenvalue weighted by Gasteiger charge is 2.37. The zero-order chi connectivity index (χ0) is 24.0. The predicted molar refractivity (Wildman–Crippen MR) is 111 cm³/mol. The van der Waals surface area contributed by atoms with Gasteiger partial charge in [-0.1, -0.05) is 0 Å². The number of aromatic nitrogens is 3. The Balaban J connectivity index is 1.86. The first kappa shape index (κ1) is 22.9.